The van der Waals surface area contributed by atoms with E-state index >= 15 is 0 Å². The molecular weight excluding hydrogens is 192 g/mol. The third-order valence-corrected chi connectivity index (χ3v) is 1.81. The number of nitrogens with two attached hydrogens (primary N) is 1. The first-order valence-electron chi connectivity index (χ1n) is 5.07. The highest BCUT2D eigenvalue weighted by Gasteiger charge is 1.96. The van der Waals surface area contributed by atoms with E-state index in [2.05, 4.69) is 5.32 Å². The minimum Gasteiger partial charge on any atom is -0.492 e. The van der Waals surface area contributed by atoms with Crippen LogP contribution in [0, 0.1) is 0 Å². The van der Waals surface area contributed by atoms with Gasteiger partial charge < -0.3 is 20.5 Å². The smallest absolute Gasteiger partial charge is 0.123 e. The van der Waals surface area contributed by atoms with Gasteiger partial charge in [-0.05, 0) is 19.2 Å². The number of hydrogen-bond donors (Lipinski definition) is 2. The lowest BCUT2D eigenvalue weighted by Gasteiger charge is -2.08. The molecule has 0 bridgehead atoms. The molecular formula is C11H18N2O2. The Bertz CT molecular complexity index is 279. The minimum absolute atomic E-state index is 0.519. The first kappa shape index (κ1) is 11.8. The largest absolute Gasteiger partial charge is 0.492 e. The molecule has 4 heteroatoms. The van der Waals surface area contributed by atoms with Crippen molar-refractivity contribution in [3.05, 3.63) is 24.3 Å². The lowest BCUT2D eigenvalue weighted by atomic mass is 10.3. The number of ether oxygens (including phenoxy) is 2. The molecule has 0 spiro atoms. The van der Waals surface area contributed by atoms with E-state index in [1.54, 1.807) is 0 Å². The fraction of sp³-hybridized carbons (Fsp3) is 0.455. The fourth-order valence-corrected chi connectivity index (χ4v) is 1.10. The normalized spacial score (nSPS) is 10.0. The van der Waals surface area contributed by atoms with Gasteiger partial charge in [-0.2, -0.15) is 0 Å². The maximum absolute atomic E-state index is 5.49. The van der Waals surface area contributed by atoms with Crippen LogP contribution in [-0.4, -0.2) is 33.4 Å². The van der Waals surface area contributed by atoms with E-state index in [0.29, 0.717) is 19.8 Å². The molecule has 0 aliphatic carbocycles. The average Bonchev–Trinajstić information content (AvgIpc) is 2.27. The van der Waals surface area contributed by atoms with Crippen molar-refractivity contribution in [3.63, 3.8) is 0 Å². The van der Waals surface area contributed by atoms with Crippen molar-refractivity contribution in [1.82, 2.24) is 5.32 Å². The van der Waals surface area contributed by atoms with Crippen LogP contribution in [0.3, 0.4) is 0 Å². The number of nitrogens with one attached hydrogen (secondary N) is 1. The average molecular weight is 210 g/mol. The number of rotatable bonds is 7. The summed E-state index contributed by atoms with van der Waals surface area (Å²) in [5, 5.41) is 3.01. The van der Waals surface area contributed by atoms with Crippen LogP contribution in [0.2, 0.25) is 0 Å². The molecule has 0 radical (unpaired) electrons. The maximum Gasteiger partial charge on any atom is 0.123 e. The summed E-state index contributed by atoms with van der Waals surface area (Å²) in [5.74, 6) is 1.61. The lowest BCUT2D eigenvalue weighted by molar-refractivity contribution is 0.306. The molecule has 1 rings (SSSR count). The molecule has 0 saturated carbocycles. The van der Waals surface area contributed by atoms with Gasteiger partial charge >= 0.3 is 0 Å². The van der Waals surface area contributed by atoms with E-state index in [9.17, 15) is 0 Å². The van der Waals surface area contributed by atoms with Gasteiger partial charge in [-0.1, -0.05) is 6.07 Å². The van der Waals surface area contributed by atoms with Crippen LogP contribution in [0.4, 0.5) is 0 Å². The summed E-state index contributed by atoms with van der Waals surface area (Å²) in [7, 11) is 1.89. The second-order valence-corrected chi connectivity index (χ2v) is 3.06. The summed E-state index contributed by atoms with van der Waals surface area (Å²) in [6.07, 6.45) is 0. The van der Waals surface area contributed by atoms with Crippen molar-refractivity contribution in [2.75, 3.05) is 33.4 Å². The van der Waals surface area contributed by atoms with Crippen molar-refractivity contribution in [2.45, 2.75) is 0 Å². The van der Waals surface area contributed by atoms with Crippen LogP contribution in [-0.2, 0) is 0 Å². The van der Waals surface area contributed by atoms with Crippen molar-refractivity contribution in [1.29, 1.82) is 0 Å². The van der Waals surface area contributed by atoms with Gasteiger partial charge in [-0.3, -0.25) is 0 Å². The zero-order valence-electron chi connectivity index (χ0n) is 9.03. The number of hydrogen-bond acceptors (Lipinski definition) is 4. The Hall–Kier alpha value is -1.26. The second-order valence-electron chi connectivity index (χ2n) is 3.06. The molecule has 1 aromatic carbocycles. The van der Waals surface area contributed by atoms with Gasteiger partial charge in [0.2, 0.25) is 0 Å². The highest BCUT2D eigenvalue weighted by atomic mass is 16.5. The Morgan fingerprint density at radius 3 is 2.47 bits per heavy atom. The SMILES string of the molecule is CNCCOc1cccc(OCCN)c1. The molecule has 15 heavy (non-hydrogen) atoms. The summed E-state index contributed by atoms with van der Waals surface area (Å²) in [5.41, 5.74) is 5.35. The zero-order valence-corrected chi connectivity index (χ0v) is 9.03. The standard InChI is InChI=1S/C11H18N2O2/c1-13-6-8-15-11-4-2-3-10(9-11)14-7-5-12/h2-4,9,13H,5-8,12H2,1H3. The molecule has 84 valence electrons. The van der Waals surface area contributed by atoms with Gasteiger partial charge in [0.15, 0.2) is 0 Å². The Balaban J connectivity index is 2.42. The highest BCUT2D eigenvalue weighted by molar-refractivity contribution is 5.32. The van der Waals surface area contributed by atoms with Gasteiger partial charge in [0.1, 0.15) is 24.7 Å². The summed E-state index contributed by atoms with van der Waals surface area (Å²) in [6.45, 7) is 2.52. The monoisotopic (exact) mass is 210 g/mol. The third kappa shape index (κ3) is 4.67. The Labute approximate surface area is 90.4 Å². The second kappa shape index (κ2) is 7.09. The summed E-state index contributed by atoms with van der Waals surface area (Å²) < 4.78 is 10.9. The molecule has 0 fully saturated rings. The predicted molar refractivity (Wildman–Crippen MR) is 60.4 cm³/mol. The Morgan fingerprint density at radius 2 is 1.87 bits per heavy atom. The van der Waals surface area contributed by atoms with Gasteiger partial charge in [-0.15, -0.1) is 0 Å². The quantitative estimate of drug-likeness (QED) is 0.648. The summed E-state index contributed by atoms with van der Waals surface area (Å²) >= 11 is 0. The molecule has 0 unspecified atom stereocenters. The first-order chi connectivity index (χ1) is 7.36. The summed E-state index contributed by atoms with van der Waals surface area (Å²) in [4.78, 5) is 0. The van der Waals surface area contributed by atoms with Crippen molar-refractivity contribution in [2.24, 2.45) is 5.73 Å². The van der Waals surface area contributed by atoms with Crippen LogP contribution in [0.5, 0.6) is 11.5 Å². The molecule has 1 aromatic rings. The molecule has 0 atom stereocenters. The van der Waals surface area contributed by atoms with Crippen molar-refractivity contribution >= 4 is 0 Å². The van der Waals surface area contributed by atoms with Crippen LogP contribution >= 0.6 is 0 Å². The molecule has 0 aliphatic heterocycles. The van der Waals surface area contributed by atoms with E-state index < -0.39 is 0 Å². The van der Waals surface area contributed by atoms with Gasteiger partial charge in [0.05, 0.1) is 0 Å². The molecule has 0 aromatic heterocycles. The molecule has 0 aliphatic rings. The maximum atomic E-state index is 5.49. The van der Waals surface area contributed by atoms with Gasteiger partial charge in [0.25, 0.3) is 0 Å². The van der Waals surface area contributed by atoms with Gasteiger partial charge in [-0.25, -0.2) is 0 Å². The van der Waals surface area contributed by atoms with Crippen LogP contribution in [0.15, 0.2) is 24.3 Å². The van der Waals surface area contributed by atoms with E-state index in [1.165, 1.54) is 0 Å². The van der Waals surface area contributed by atoms with Crippen molar-refractivity contribution < 1.29 is 9.47 Å². The topological polar surface area (TPSA) is 56.5 Å². The van der Waals surface area contributed by atoms with Crippen LogP contribution in [0.25, 0.3) is 0 Å². The molecule has 0 amide bonds. The highest BCUT2D eigenvalue weighted by Crippen LogP contribution is 2.18. The van der Waals surface area contributed by atoms with E-state index in [0.717, 1.165) is 18.0 Å². The van der Waals surface area contributed by atoms with E-state index in [4.69, 9.17) is 15.2 Å². The molecule has 0 saturated heterocycles. The van der Waals surface area contributed by atoms with Gasteiger partial charge in [0, 0.05) is 19.2 Å². The zero-order chi connectivity index (χ0) is 10.9. The first-order valence-corrected chi connectivity index (χ1v) is 5.07. The molecule has 4 nitrogen and oxygen atoms in total. The van der Waals surface area contributed by atoms with E-state index in [-0.39, 0.29) is 0 Å². The summed E-state index contributed by atoms with van der Waals surface area (Å²) in [6, 6.07) is 7.57. The number of likely N-dealkylation sites (N-methyl/N-ethyl adjacent to an activating group) is 1. The molecule has 0 heterocycles. The Kier molecular flexibility index (Phi) is 5.58. The van der Waals surface area contributed by atoms with Crippen LogP contribution in [0.1, 0.15) is 0 Å². The fourth-order valence-electron chi connectivity index (χ4n) is 1.10. The van der Waals surface area contributed by atoms with Crippen LogP contribution < -0.4 is 20.5 Å². The minimum atomic E-state index is 0.519. The van der Waals surface area contributed by atoms with Crippen molar-refractivity contribution in [3.8, 4) is 11.5 Å². The van der Waals surface area contributed by atoms with E-state index in [1.807, 2.05) is 31.3 Å². The lowest BCUT2D eigenvalue weighted by Crippen LogP contribution is -2.16. The number of benzene rings is 1. The predicted octanol–water partition coefficient (Wildman–Crippen LogP) is 0.622. The molecule has 3 N–H and O–H groups in total. The third-order valence-electron chi connectivity index (χ3n) is 1.81. The Morgan fingerprint density at radius 1 is 1.20 bits per heavy atom.